The van der Waals surface area contributed by atoms with E-state index in [-0.39, 0.29) is 11.9 Å². The van der Waals surface area contributed by atoms with Gasteiger partial charge < -0.3 is 14.8 Å². The van der Waals surface area contributed by atoms with Gasteiger partial charge in [-0.25, -0.2) is 10.4 Å². The first-order valence-corrected chi connectivity index (χ1v) is 8.27. The van der Waals surface area contributed by atoms with Crippen LogP contribution in [0.15, 0.2) is 6.20 Å². The molecule has 1 aromatic rings. The van der Waals surface area contributed by atoms with Crippen molar-refractivity contribution < 1.29 is 4.79 Å². The summed E-state index contributed by atoms with van der Waals surface area (Å²) < 4.78 is 2.15. The summed E-state index contributed by atoms with van der Waals surface area (Å²) in [5.74, 6) is 2.30. The van der Waals surface area contributed by atoms with Gasteiger partial charge in [-0.3, -0.25) is 10.2 Å². The van der Waals surface area contributed by atoms with Crippen LogP contribution in [0.3, 0.4) is 0 Å². The van der Waals surface area contributed by atoms with Crippen LogP contribution in [-0.2, 0) is 17.8 Å². The highest BCUT2D eigenvalue weighted by atomic mass is 16.2. The molecule has 1 amide bonds. The van der Waals surface area contributed by atoms with Crippen LogP contribution in [0.2, 0.25) is 0 Å². The maximum absolute atomic E-state index is 12.7. The van der Waals surface area contributed by atoms with Crippen molar-refractivity contribution in [3.8, 4) is 0 Å². The molecule has 0 bridgehead atoms. The number of nitrogens with zero attached hydrogens (tertiary/aromatic N) is 3. The standard InChI is InChI=1S/C15H24N6O/c1-20-7-5-11-10(9-20)14(19-18-11)15(22)17-13-8-16-12-4-2-3-6-21(12)13/h8,10-11,14,18-19H,2-7,9H2,1H3,(H,17,22). The number of carbonyl (C=O) groups is 1. The Hall–Kier alpha value is -1.44. The van der Waals surface area contributed by atoms with Crippen molar-refractivity contribution >= 4 is 11.7 Å². The smallest absolute Gasteiger partial charge is 0.244 e. The first-order valence-electron chi connectivity index (χ1n) is 8.27. The maximum atomic E-state index is 12.7. The van der Waals surface area contributed by atoms with Crippen LogP contribution >= 0.6 is 0 Å². The minimum atomic E-state index is -0.178. The van der Waals surface area contributed by atoms with E-state index < -0.39 is 0 Å². The molecular formula is C15H24N6O. The van der Waals surface area contributed by atoms with Crippen LogP contribution in [0.1, 0.15) is 25.1 Å². The molecule has 0 aliphatic carbocycles. The topological polar surface area (TPSA) is 74.2 Å². The van der Waals surface area contributed by atoms with Crippen molar-refractivity contribution in [2.75, 3.05) is 25.5 Å². The predicted molar refractivity (Wildman–Crippen MR) is 83.2 cm³/mol. The molecule has 3 aliphatic rings. The molecule has 0 saturated carbocycles. The molecule has 3 atom stereocenters. The number of anilines is 1. The lowest BCUT2D eigenvalue weighted by atomic mass is 9.88. The van der Waals surface area contributed by atoms with Crippen molar-refractivity contribution in [1.82, 2.24) is 25.3 Å². The molecule has 7 nitrogen and oxygen atoms in total. The predicted octanol–water partition coefficient (Wildman–Crippen LogP) is -0.0454. The van der Waals surface area contributed by atoms with E-state index in [1.54, 1.807) is 6.20 Å². The molecule has 0 spiro atoms. The number of amides is 1. The summed E-state index contributed by atoms with van der Waals surface area (Å²) in [4.78, 5) is 19.4. The largest absolute Gasteiger partial charge is 0.315 e. The van der Waals surface area contributed by atoms with E-state index in [1.165, 1.54) is 6.42 Å². The van der Waals surface area contributed by atoms with Crippen LogP contribution in [0.5, 0.6) is 0 Å². The van der Waals surface area contributed by atoms with Gasteiger partial charge in [-0.15, -0.1) is 0 Å². The normalized spacial score (nSPS) is 31.6. The minimum Gasteiger partial charge on any atom is -0.315 e. The van der Waals surface area contributed by atoms with Crippen molar-refractivity contribution in [1.29, 1.82) is 0 Å². The van der Waals surface area contributed by atoms with Crippen LogP contribution in [0.25, 0.3) is 0 Å². The van der Waals surface area contributed by atoms with Crippen LogP contribution in [0.4, 0.5) is 5.82 Å². The van der Waals surface area contributed by atoms with E-state index >= 15 is 0 Å². The first kappa shape index (κ1) is 14.2. The van der Waals surface area contributed by atoms with E-state index in [2.05, 4.69) is 37.7 Å². The van der Waals surface area contributed by atoms with Gasteiger partial charge in [0.15, 0.2) is 0 Å². The number of carbonyl (C=O) groups excluding carboxylic acids is 1. The van der Waals surface area contributed by atoms with Gasteiger partial charge in [-0.05, 0) is 32.9 Å². The third-order valence-corrected chi connectivity index (χ3v) is 5.22. The Morgan fingerprint density at radius 3 is 3.18 bits per heavy atom. The fourth-order valence-electron chi connectivity index (χ4n) is 3.95. The number of hydrogen-bond acceptors (Lipinski definition) is 5. The van der Waals surface area contributed by atoms with E-state index in [9.17, 15) is 4.79 Å². The lowest BCUT2D eigenvalue weighted by Crippen LogP contribution is -2.47. The van der Waals surface area contributed by atoms with Gasteiger partial charge in [0.05, 0.1) is 6.20 Å². The molecule has 3 aliphatic heterocycles. The molecule has 7 heteroatoms. The molecule has 2 fully saturated rings. The van der Waals surface area contributed by atoms with E-state index in [4.69, 9.17) is 0 Å². The summed E-state index contributed by atoms with van der Waals surface area (Å²) in [6, 6.07) is 0.216. The van der Waals surface area contributed by atoms with Crippen molar-refractivity contribution in [2.24, 2.45) is 5.92 Å². The lowest BCUT2D eigenvalue weighted by molar-refractivity contribution is -0.119. The number of imidazole rings is 1. The Morgan fingerprint density at radius 2 is 2.27 bits per heavy atom. The van der Waals surface area contributed by atoms with Gasteiger partial charge in [0.25, 0.3) is 0 Å². The number of aromatic nitrogens is 2. The van der Waals surface area contributed by atoms with E-state index in [0.29, 0.717) is 12.0 Å². The van der Waals surface area contributed by atoms with E-state index in [0.717, 1.165) is 50.5 Å². The number of aryl methyl sites for hydroxylation is 1. The van der Waals surface area contributed by atoms with Gasteiger partial charge in [0.1, 0.15) is 17.7 Å². The molecule has 22 heavy (non-hydrogen) atoms. The lowest BCUT2D eigenvalue weighted by Gasteiger charge is -2.33. The van der Waals surface area contributed by atoms with Gasteiger partial charge in [-0.2, -0.15) is 0 Å². The number of likely N-dealkylation sites (tertiary alicyclic amines) is 1. The van der Waals surface area contributed by atoms with Crippen molar-refractivity contribution in [2.45, 2.75) is 44.3 Å². The Kier molecular flexibility index (Phi) is 3.63. The zero-order valence-electron chi connectivity index (χ0n) is 13.0. The van der Waals surface area contributed by atoms with Crippen LogP contribution < -0.4 is 16.2 Å². The molecule has 0 radical (unpaired) electrons. The summed E-state index contributed by atoms with van der Waals surface area (Å²) >= 11 is 0. The third-order valence-electron chi connectivity index (χ3n) is 5.22. The number of hydrogen-bond donors (Lipinski definition) is 3. The van der Waals surface area contributed by atoms with Crippen LogP contribution in [-0.4, -0.2) is 52.6 Å². The van der Waals surface area contributed by atoms with Crippen molar-refractivity contribution in [3.63, 3.8) is 0 Å². The quantitative estimate of drug-likeness (QED) is 0.715. The highest BCUT2D eigenvalue weighted by molar-refractivity contribution is 5.94. The molecular weight excluding hydrogens is 280 g/mol. The fraction of sp³-hybridized carbons (Fsp3) is 0.733. The zero-order chi connectivity index (χ0) is 15.1. The molecule has 1 aromatic heterocycles. The maximum Gasteiger partial charge on any atom is 0.244 e. The number of nitrogens with one attached hydrogen (secondary N) is 3. The van der Waals surface area contributed by atoms with Gasteiger partial charge >= 0.3 is 0 Å². The molecule has 3 N–H and O–H groups in total. The summed E-state index contributed by atoms with van der Waals surface area (Å²) in [5, 5.41) is 3.08. The SMILES string of the molecule is CN1CCC2NNC(C(=O)Nc3cnc4n3CCCC4)C2C1. The molecule has 4 rings (SSSR count). The highest BCUT2D eigenvalue weighted by Crippen LogP contribution is 2.25. The molecule has 2 saturated heterocycles. The Labute approximate surface area is 130 Å². The second-order valence-corrected chi connectivity index (χ2v) is 6.75. The number of piperidine rings is 1. The van der Waals surface area contributed by atoms with Crippen LogP contribution in [0, 0.1) is 5.92 Å². The summed E-state index contributed by atoms with van der Waals surface area (Å²) in [5.41, 5.74) is 6.49. The Morgan fingerprint density at radius 1 is 1.36 bits per heavy atom. The van der Waals surface area contributed by atoms with E-state index in [1.807, 2.05) is 0 Å². The number of fused-ring (bicyclic) bond motifs is 2. The Balaban J connectivity index is 1.47. The molecule has 0 aromatic carbocycles. The monoisotopic (exact) mass is 304 g/mol. The molecule has 120 valence electrons. The second kappa shape index (κ2) is 5.64. The summed E-state index contributed by atoms with van der Waals surface area (Å²) in [6.07, 6.45) is 6.24. The number of rotatable bonds is 2. The highest BCUT2D eigenvalue weighted by Gasteiger charge is 2.42. The summed E-state index contributed by atoms with van der Waals surface area (Å²) in [6.45, 7) is 2.99. The average Bonchev–Trinajstić information content (AvgIpc) is 3.11. The minimum absolute atomic E-state index is 0.0450. The average molecular weight is 304 g/mol. The Bertz CT molecular complexity index is 570. The van der Waals surface area contributed by atoms with Gasteiger partial charge in [0.2, 0.25) is 5.91 Å². The number of hydrazine groups is 1. The second-order valence-electron chi connectivity index (χ2n) is 6.75. The fourth-order valence-corrected chi connectivity index (χ4v) is 3.95. The third kappa shape index (κ3) is 2.43. The molecule has 3 unspecified atom stereocenters. The van der Waals surface area contributed by atoms with Gasteiger partial charge in [-0.1, -0.05) is 0 Å². The molecule has 4 heterocycles. The first-order chi connectivity index (χ1) is 10.7. The van der Waals surface area contributed by atoms with Crippen molar-refractivity contribution in [3.05, 3.63) is 12.0 Å². The summed E-state index contributed by atoms with van der Waals surface area (Å²) in [7, 11) is 2.12. The zero-order valence-corrected chi connectivity index (χ0v) is 13.0. The van der Waals surface area contributed by atoms with Gasteiger partial charge in [0, 0.05) is 31.5 Å².